The van der Waals surface area contributed by atoms with Gasteiger partial charge in [0.15, 0.2) is 11.5 Å². The highest BCUT2D eigenvalue weighted by Crippen LogP contribution is 2.34. The van der Waals surface area contributed by atoms with Crippen LogP contribution in [-0.4, -0.2) is 39.0 Å². The van der Waals surface area contributed by atoms with Crippen molar-refractivity contribution in [3.05, 3.63) is 53.1 Å². The molecule has 0 aliphatic carbocycles. The molecule has 0 aromatic heterocycles. The minimum Gasteiger partial charge on any atom is -0.493 e. The predicted molar refractivity (Wildman–Crippen MR) is 133 cm³/mol. The molecule has 0 bridgehead atoms. The lowest BCUT2D eigenvalue weighted by molar-refractivity contribution is -0.136. The van der Waals surface area contributed by atoms with E-state index in [-0.39, 0.29) is 23.8 Å². The zero-order valence-electron chi connectivity index (χ0n) is 20.5. The Bertz CT molecular complexity index is 1050. The van der Waals surface area contributed by atoms with Crippen molar-refractivity contribution in [2.45, 2.75) is 65.2 Å². The predicted octanol–water partition coefficient (Wildman–Crippen LogP) is 5.36. The summed E-state index contributed by atoms with van der Waals surface area (Å²) in [7, 11) is -2.15. The van der Waals surface area contributed by atoms with Crippen LogP contribution < -0.4 is 13.7 Å². The standard InChI is InChI=1S/C26H36O7S/c1-5-7-16-32-24-17-20(10-15-26(27)28)9-12-21(24)11-8-19(3)22-13-14-23(25(18-22)31-4)33-34(29,30)6-2/h9,12-14,17-19H,5-8,10-11,15-16H2,1-4H3,(H,27,28). The molecule has 8 heteroatoms. The van der Waals surface area contributed by atoms with Gasteiger partial charge >= 0.3 is 16.1 Å². The summed E-state index contributed by atoms with van der Waals surface area (Å²) in [5, 5.41) is 8.97. The van der Waals surface area contributed by atoms with Crippen LogP contribution in [0.1, 0.15) is 69.1 Å². The first-order valence-corrected chi connectivity index (χ1v) is 13.3. The number of methoxy groups -OCH3 is 1. The van der Waals surface area contributed by atoms with E-state index in [1.807, 2.05) is 30.3 Å². The first-order valence-electron chi connectivity index (χ1n) is 11.8. The summed E-state index contributed by atoms with van der Waals surface area (Å²) in [6, 6.07) is 11.3. The Kier molecular flexibility index (Phi) is 10.7. The number of carbonyl (C=O) groups is 1. The zero-order valence-corrected chi connectivity index (χ0v) is 21.3. The number of aryl methyl sites for hydroxylation is 2. The molecule has 0 radical (unpaired) electrons. The number of benzene rings is 2. The molecule has 188 valence electrons. The number of carboxylic acids is 1. The van der Waals surface area contributed by atoms with Gasteiger partial charge in [-0.25, -0.2) is 0 Å². The van der Waals surface area contributed by atoms with E-state index >= 15 is 0 Å². The molecule has 0 saturated carbocycles. The van der Waals surface area contributed by atoms with Crippen molar-refractivity contribution in [2.75, 3.05) is 19.5 Å². The molecule has 0 spiro atoms. The van der Waals surface area contributed by atoms with E-state index in [1.54, 1.807) is 6.07 Å². The average Bonchev–Trinajstić information content (AvgIpc) is 2.82. The van der Waals surface area contributed by atoms with Crippen molar-refractivity contribution in [2.24, 2.45) is 0 Å². The van der Waals surface area contributed by atoms with Gasteiger partial charge in [0.05, 0.1) is 19.5 Å². The second-order valence-corrected chi connectivity index (χ2v) is 10.2. The smallest absolute Gasteiger partial charge is 0.309 e. The van der Waals surface area contributed by atoms with Gasteiger partial charge in [-0.1, -0.05) is 38.5 Å². The highest BCUT2D eigenvalue weighted by atomic mass is 32.2. The molecule has 2 aromatic carbocycles. The number of carboxylic acid groups (broad SMARTS) is 1. The fraction of sp³-hybridized carbons (Fsp3) is 0.500. The van der Waals surface area contributed by atoms with Crippen molar-refractivity contribution in [1.29, 1.82) is 0 Å². The molecule has 0 aliphatic heterocycles. The Hall–Kier alpha value is -2.74. The molecular formula is C26H36O7S. The lowest BCUT2D eigenvalue weighted by Crippen LogP contribution is -2.12. The second-order valence-electron chi connectivity index (χ2n) is 8.32. The number of rotatable bonds is 15. The van der Waals surface area contributed by atoms with Crippen LogP contribution in [0.4, 0.5) is 0 Å². The molecule has 0 aliphatic rings. The topological polar surface area (TPSA) is 99.1 Å². The summed E-state index contributed by atoms with van der Waals surface area (Å²) < 4.78 is 40.2. The summed E-state index contributed by atoms with van der Waals surface area (Å²) in [5.74, 6) is 0.629. The van der Waals surface area contributed by atoms with Crippen LogP contribution in [0.25, 0.3) is 0 Å². The van der Waals surface area contributed by atoms with Gasteiger partial charge in [-0.15, -0.1) is 0 Å². The third kappa shape index (κ3) is 8.56. The Labute approximate surface area is 203 Å². The van der Waals surface area contributed by atoms with Crippen LogP contribution in [0.15, 0.2) is 36.4 Å². The molecule has 1 N–H and O–H groups in total. The van der Waals surface area contributed by atoms with E-state index in [4.69, 9.17) is 18.8 Å². The third-order valence-corrected chi connectivity index (χ3v) is 6.83. The van der Waals surface area contributed by atoms with Gasteiger partial charge in [0, 0.05) is 6.42 Å². The minimum atomic E-state index is -3.64. The number of unbranched alkanes of at least 4 members (excludes halogenated alkanes) is 1. The summed E-state index contributed by atoms with van der Waals surface area (Å²) in [6.45, 7) is 6.37. The third-order valence-electron chi connectivity index (χ3n) is 5.69. The van der Waals surface area contributed by atoms with Gasteiger partial charge in [0.1, 0.15) is 5.75 Å². The quantitative estimate of drug-likeness (QED) is 0.264. The zero-order chi connectivity index (χ0) is 25.1. The van der Waals surface area contributed by atoms with Crippen molar-refractivity contribution in [3.8, 4) is 17.2 Å². The van der Waals surface area contributed by atoms with E-state index in [2.05, 4.69) is 13.8 Å². The Balaban J connectivity index is 2.14. The van der Waals surface area contributed by atoms with E-state index in [0.717, 1.165) is 48.1 Å². The Morgan fingerprint density at radius 1 is 1.03 bits per heavy atom. The largest absolute Gasteiger partial charge is 0.493 e. The number of hydrogen-bond donors (Lipinski definition) is 1. The van der Waals surface area contributed by atoms with Crippen LogP contribution in [-0.2, 0) is 27.8 Å². The molecule has 0 saturated heterocycles. The van der Waals surface area contributed by atoms with Crippen molar-refractivity contribution in [1.82, 2.24) is 0 Å². The maximum atomic E-state index is 11.8. The Morgan fingerprint density at radius 2 is 1.79 bits per heavy atom. The lowest BCUT2D eigenvalue weighted by Gasteiger charge is -2.17. The monoisotopic (exact) mass is 492 g/mol. The summed E-state index contributed by atoms with van der Waals surface area (Å²) >= 11 is 0. The number of ether oxygens (including phenoxy) is 2. The first-order chi connectivity index (χ1) is 16.2. The normalized spacial score (nSPS) is 12.2. The molecule has 2 rings (SSSR count). The van der Waals surface area contributed by atoms with Crippen LogP contribution >= 0.6 is 0 Å². The highest BCUT2D eigenvalue weighted by Gasteiger charge is 2.17. The van der Waals surface area contributed by atoms with Gasteiger partial charge in [0.2, 0.25) is 0 Å². The maximum Gasteiger partial charge on any atom is 0.309 e. The van der Waals surface area contributed by atoms with Crippen LogP contribution in [0.2, 0.25) is 0 Å². The molecule has 0 heterocycles. The summed E-state index contributed by atoms with van der Waals surface area (Å²) in [6.07, 6.45) is 4.18. The fourth-order valence-corrected chi connectivity index (χ4v) is 4.00. The fourth-order valence-electron chi connectivity index (χ4n) is 3.47. The van der Waals surface area contributed by atoms with E-state index in [1.165, 1.54) is 14.0 Å². The van der Waals surface area contributed by atoms with Crippen molar-refractivity contribution >= 4 is 16.1 Å². The summed E-state index contributed by atoms with van der Waals surface area (Å²) in [4.78, 5) is 10.9. The Morgan fingerprint density at radius 3 is 2.44 bits per heavy atom. The average molecular weight is 493 g/mol. The van der Waals surface area contributed by atoms with Gasteiger partial charge in [-0.3, -0.25) is 4.79 Å². The van der Waals surface area contributed by atoms with Crippen LogP contribution in [0.5, 0.6) is 17.2 Å². The van der Waals surface area contributed by atoms with E-state index in [0.29, 0.717) is 18.8 Å². The van der Waals surface area contributed by atoms with E-state index in [9.17, 15) is 13.2 Å². The molecule has 7 nitrogen and oxygen atoms in total. The van der Waals surface area contributed by atoms with Gasteiger partial charge < -0.3 is 18.8 Å². The lowest BCUT2D eigenvalue weighted by atomic mass is 9.93. The van der Waals surface area contributed by atoms with Gasteiger partial charge in [0.25, 0.3) is 0 Å². The molecule has 2 aromatic rings. The molecule has 1 unspecified atom stereocenters. The van der Waals surface area contributed by atoms with Gasteiger partial charge in [-0.2, -0.15) is 8.42 Å². The molecular weight excluding hydrogens is 456 g/mol. The maximum absolute atomic E-state index is 11.8. The van der Waals surface area contributed by atoms with Crippen molar-refractivity contribution in [3.63, 3.8) is 0 Å². The minimum absolute atomic E-state index is 0.0892. The second kappa shape index (κ2) is 13.2. The molecule has 1 atom stereocenters. The summed E-state index contributed by atoms with van der Waals surface area (Å²) in [5.41, 5.74) is 3.06. The highest BCUT2D eigenvalue weighted by molar-refractivity contribution is 7.87. The van der Waals surface area contributed by atoms with Crippen LogP contribution in [0.3, 0.4) is 0 Å². The first kappa shape index (κ1) is 27.5. The van der Waals surface area contributed by atoms with E-state index < -0.39 is 16.1 Å². The van der Waals surface area contributed by atoms with Crippen molar-refractivity contribution < 1.29 is 32.0 Å². The molecule has 0 amide bonds. The number of aliphatic carboxylic acids is 1. The molecule has 34 heavy (non-hydrogen) atoms. The van der Waals surface area contributed by atoms with Gasteiger partial charge in [-0.05, 0) is 73.4 Å². The molecule has 0 fully saturated rings. The SMILES string of the molecule is CCCCOc1cc(CCC(=O)O)ccc1CCC(C)c1ccc(OS(=O)(=O)CC)c(OC)c1. The van der Waals surface area contributed by atoms with Crippen LogP contribution in [0, 0.1) is 0 Å². The number of hydrogen-bond acceptors (Lipinski definition) is 6.